The molecule has 0 aliphatic carbocycles. The third kappa shape index (κ3) is 4.15. The van der Waals surface area contributed by atoms with Crippen LogP contribution < -0.4 is 18.9 Å². The van der Waals surface area contributed by atoms with Crippen LogP contribution >= 0.6 is 0 Å². The quantitative estimate of drug-likeness (QED) is 0.341. The number of ketones is 1. The molecule has 4 rings (SSSR count). The predicted molar refractivity (Wildman–Crippen MR) is 127 cm³/mol. The maximum Gasteiger partial charge on any atom is 0.203 e. The molecule has 0 N–H and O–H groups in total. The number of nitrogens with zero attached hydrogens (tertiary/aromatic N) is 1. The molecule has 4 aromatic rings. The minimum absolute atomic E-state index is 0.176. The smallest absolute Gasteiger partial charge is 0.203 e. The van der Waals surface area contributed by atoms with Crippen molar-refractivity contribution in [2.45, 2.75) is 0 Å². The Bertz CT molecular complexity index is 1250. The molecule has 3 aromatic carbocycles. The molecule has 168 valence electrons. The van der Waals surface area contributed by atoms with Gasteiger partial charge in [-0.1, -0.05) is 36.4 Å². The van der Waals surface area contributed by atoms with Crippen LogP contribution in [0.4, 0.5) is 0 Å². The number of hydrogen-bond acceptors (Lipinski definition) is 5. The van der Waals surface area contributed by atoms with Gasteiger partial charge in [0.2, 0.25) is 5.75 Å². The number of aromatic nitrogens is 1. The Morgan fingerprint density at radius 2 is 1.27 bits per heavy atom. The van der Waals surface area contributed by atoms with Crippen LogP contribution in [0, 0.1) is 0 Å². The maximum atomic E-state index is 13.8. The zero-order valence-corrected chi connectivity index (χ0v) is 19.0. The van der Waals surface area contributed by atoms with E-state index in [0.29, 0.717) is 34.1 Å². The molecular weight excluding hydrogens is 418 g/mol. The van der Waals surface area contributed by atoms with Crippen LogP contribution in [0.2, 0.25) is 0 Å². The third-order valence-electron chi connectivity index (χ3n) is 5.45. The van der Waals surface area contributed by atoms with Crippen molar-refractivity contribution >= 4 is 5.78 Å². The van der Waals surface area contributed by atoms with Crippen LogP contribution in [0.15, 0.2) is 79.1 Å². The van der Waals surface area contributed by atoms with Gasteiger partial charge in [0.15, 0.2) is 17.3 Å². The number of carbonyl (C=O) groups is 1. The number of methoxy groups -OCH3 is 4. The Labute approximate surface area is 192 Å². The molecule has 33 heavy (non-hydrogen) atoms. The maximum absolute atomic E-state index is 13.8. The lowest BCUT2D eigenvalue weighted by molar-refractivity contribution is 0.103. The fourth-order valence-electron chi connectivity index (χ4n) is 3.83. The van der Waals surface area contributed by atoms with E-state index >= 15 is 0 Å². The van der Waals surface area contributed by atoms with Gasteiger partial charge in [0.1, 0.15) is 5.75 Å². The Morgan fingerprint density at radius 3 is 1.88 bits per heavy atom. The largest absolute Gasteiger partial charge is 0.496 e. The minimum Gasteiger partial charge on any atom is -0.496 e. The molecular formula is C27H25NO5. The van der Waals surface area contributed by atoms with Crippen molar-refractivity contribution in [3.8, 4) is 39.8 Å². The Morgan fingerprint density at radius 1 is 0.667 bits per heavy atom. The summed E-state index contributed by atoms with van der Waals surface area (Å²) in [7, 11) is 6.20. The van der Waals surface area contributed by atoms with Gasteiger partial charge in [0.25, 0.3) is 0 Å². The number of ether oxygens (including phenoxy) is 4. The normalized spacial score (nSPS) is 10.5. The van der Waals surface area contributed by atoms with E-state index in [1.807, 2.05) is 71.6 Å². The SMILES string of the molecule is COc1ccccc1-c1cn(-c2ccccc2)cc1C(=O)c1cc(OC)c(OC)c(OC)c1. The van der Waals surface area contributed by atoms with Crippen molar-refractivity contribution in [2.75, 3.05) is 28.4 Å². The van der Waals surface area contributed by atoms with Crippen LogP contribution in [0.25, 0.3) is 16.8 Å². The van der Waals surface area contributed by atoms with Crippen molar-refractivity contribution in [1.29, 1.82) is 0 Å². The number of benzene rings is 3. The van der Waals surface area contributed by atoms with E-state index in [1.54, 1.807) is 19.2 Å². The lowest BCUT2D eigenvalue weighted by atomic mass is 9.97. The molecule has 1 aromatic heterocycles. The topological polar surface area (TPSA) is 58.9 Å². The first-order chi connectivity index (χ1) is 16.1. The summed E-state index contributed by atoms with van der Waals surface area (Å²) in [6, 6.07) is 20.8. The molecule has 0 spiro atoms. The Hall–Kier alpha value is -4.19. The summed E-state index contributed by atoms with van der Waals surface area (Å²) < 4.78 is 23.8. The van der Waals surface area contributed by atoms with Gasteiger partial charge in [-0.3, -0.25) is 4.79 Å². The zero-order chi connectivity index (χ0) is 23.4. The van der Waals surface area contributed by atoms with Gasteiger partial charge in [0, 0.05) is 40.3 Å². The van der Waals surface area contributed by atoms with E-state index in [4.69, 9.17) is 18.9 Å². The molecule has 0 aliphatic rings. The molecule has 0 amide bonds. The number of para-hydroxylation sites is 2. The highest BCUT2D eigenvalue weighted by Crippen LogP contribution is 2.40. The van der Waals surface area contributed by atoms with E-state index in [1.165, 1.54) is 21.3 Å². The molecule has 0 radical (unpaired) electrons. The van der Waals surface area contributed by atoms with Crippen molar-refractivity contribution in [3.63, 3.8) is 0 Å². The van der Waals surface area contributed by atoms with Crippen molar-refractivity contribution in [1.82, 2.24) is 4.57 Å². The first-order valence-corrected chi connectivity index (χ1v) is 10.4. The molecule has 0 unspecified atom stereocenters. The zero-order valence-electron chi connectivity index (χ0n) is 19.0. The summed E-state index contributed by atoms with van der Waals surface area (Å²) in [4.78, 5) is 13.8. The predicted octanol–water partition coefficient (Wildman–Crippen LogP) is 5.41. The third-order valence-corrected chi connectivity index (χ3v) is 5.45. The fourth-order valence-corrected chi connectivity index (χ4v) is 3.83. The van der Waals surface area contributed by atoms with Crippen LogP contribution in [0.3, 0.4) is 0 Å². The summed E-state index contributed by atoms with van der Waals surface area (Å²) in [5.41, 5.74) is 3.47. The first kappa shape index (κ1) is 22.0. The summed E-state index contributed by atoms with van der Waals surface area (Å²) in [6.07, 6.45) is 3.78. The second-order valence-corrected chi connectivity index (χ2v) is 7.27. The Kier molecular flexibility index (Phi) is 6.36. The highest BCUT2D eigenvalue weighted by molar-refractivity contribution is 6.13. The molecule has 0 bridgehead atoms. The molecule has 0 saturated heterocycles. The highest BCUT2D eigenvalue weighted by atomic mass is 16.5. The lowest BCUT2D eigenvalue weighted by Gasteiger charge is -2.14. The van der Waals surface area contributed by atoms with Crippen molar-refractivity contribution < 1.29 is 23.7 Å². The van der Waals surface area contributed by atoms with Crippen molar-refractivity contribution in [3.05, 3.63) is 90.3 Å². The van der Waals surface area contributed by atoms with Gasteiger partial charge in [-0.15, -0.1) is 0 Å². The van der Waals surface area contributed by atoms with E-state index in [0.717, 1.165) is 16.8 Å². The average molecular weight is 443 g/mol. The number of carbonyl (C=O) groups excluding carboxylic acids is 1. The standard InChI is InChI=1S/C27H25NO5/c1-30-23-13-9-8-12-20(23)21-16-28(19-10-6-5-7-11-19)17-22(21)26(29)18-14-24(31-2)27(33-4)25(15-18)32-3/h5-17H,1-4H3. The first-order valence-electron chi connectivity index (χ1n) is 10.4. The van der Waals surface area contributed by atoms with Gasteiger partial charge >= 0.3 is 0 Å². The van der Waals surface area contributed by atoms with E-state index in [-0.39, 0.29) is 5.78 Å². The minimum atomic E-state index is -0.176. The Balaban J connectivity index is 1.91. The lowest BCUT2D eigenvalue weighted by Crippen LogP contribution is -2.05. The number of hydrogen-bond donors (Lipinski definition) is 0. The van der Waals surface area contributed by atoms with Gasteiger partial charge in [-0.05, 0) is 30.3 Å². The average Bonchev–Trinajstić information content (AvgIpc) is 3.33. The van der Waals surface area contributed by atoms with E-state index in [2.05, 4.69) is 0 Å². The van der Waals surface area contributed by atoms with Crippen LogP contribution in [0.1, 0.15) is 15.9 Å². The van der Waals surface area contributed by atoms with Gasteiger partial charge in [-0.2, -0.15) is 0 Å². The molecule has 0 saturated carbocycles. The molecule has 6 nitrogen and oxygen atoms in total. The second-order valence-electron chi connectivity index (χ2n) is 7.27. The summed E-state index contributed by atoms with van der Waals surface area (Å²) in [5.74, 6) is 1.78. The van der Waals surface area contributed by atoms with E-state index in [9.17, 15) is 4.79 Å². The summed E-state index contributed by atoms with van der Waals surface area (Å²) >= 11 is 0. The molecule has 0 fully saturated rings. The van der Waals surface area contributed by atoms with Gasteiger partial charge < -0.3 is 23.5 Å². The molecule has 1 heterocycles. The number of rotatable bonds is 8. The second kappa shape index (κ2) is 9.53. The molecule has 0 atom stereocenters. The van der Waals surface area contributed by atoms with Crippen molar-refractivity contribution in [2.24, 2.45) is 0 Å². The monoisotopic (exact) mass is 443 g/mol. The van der Waals surface area contributed by atoms with Crippen LogP contribution in [-0.2, 0) is 0 Å². The van der Waals surface area contributed by atoms with Crippen LogP contribution in [0.5, 0.6) is 23.0 Å². The van der Waals surface area contributed by atoms with Gasteiger partial charge in [0.05, 0.1) is 28.4 Å². The fraction of sp³-hybridized carbons (Fsp3) is 0.148. The van der Waals surface area contributed by atoms with E-state index < -0.39 is 0 Å². The van der Waals surface area contributed by atoms with Gasteiger partial charge in [-0.25, -0.2) is 0 Å². The summed E-state index contributed by atoms with van der Waals surface area (Å²) in [6.45, 7) is 0. The highest BCUT2D eigenvalue weighted by Gasteiger charge is 2.23. The van der Waals surface area contributed by atoms with Crippen LogP contribution in [-0.4, -0.2) is 38.8 Å². The molecule has 0 aliphatic heterocycles. The molecule has 6 heteroatoms. The summed E-state index contributed by atoms with van der Waals surface area (Å²) in [5, 5.41) is 0.